The van der Waals surface area contributed by atoms with Gasteiger partial charge in [0.2, 0.25) is 0 Å². The Balaban J connectivity index is 2.24. The molecule has 0 saturated heterocycles. The largest absolute Gasteiger partial charge is 0.308 e. The highest BCUT2D eigenvalue weighted by Crippen LogP contribution is 2.23. The van der Waals surface area contributed by atoms with Crippen LogP contribution in [0.3, 0.4) is 0 Å². The van der Waals surface area contributed by atoms with E-state index in [2.05, 4.69) is 20.4 Å². The average molecular weight is 237 g/mol. The second-order valence-electron chi connectivity index (χ2n) is 3.79. The molecule has 0 unspecified atom stereocenters. The van der Waals surface area contributed by atoms with Gasteiger partial charge in [0.05, 0.1) is 0 Å². The van der Waals surface area contributed by atoms with Crippen molar-refractivity contribution in [2.24, 2.45) is 5.84 Å². The topological polar surface area (TPSA) is 76.7 Å². The molecule has 5 heteroatoms. The van der Waals surface area contributed by atoms with E-state index in [0.29, 0.717) is 11.6 Å². The van der Waals surface area contributed by atoms with Crippen LogP contribution >= 0.6 is 0 Å². The van der Waals surface area contributed by atoms with E-state index < -0.39 is 0 Å². The van der Waals surface area contributed by atoms with E-state index in [9.17, 15) is 0 Å². The Kier molecular flexibility index (Phi) is 2.59. The third-order valence-electron chi connectivity index (χ3n) is 2.69. The van der Waals surface area contributed by atoms with Crippen LogP contribution in [0.15, 0.2) is 48.8 Å². The first-order valence-corrected chi connectivity index (χ1v) is 5.52. The number of nitrogens with two attached hydrogens (primary N) is 1. The molecular weight excluding hydrogens is 226 g/mol. The molecule has 5 nitrogen and oxygen atoms in total. The Morgan fingerprint density at radius 2 is 1.78 bits per heavy atom. The molecule has 0 fully saturated rings. The van der Waals surface area contributed by atoms with Gasteiger partial charge in [-0.05, 0) is 11.5 Å². The number of anilines is 1. The molecule has 3 N–H and O–H groups in total. The highest BCUT2D eigenvalue weighted by molar-refractivity contribution is 5.92. The van der Waals surface area contributed by atoms with Crippen molar-refractivity contribution in [2.45, 2.75) is 0 Å². The maximum atomic E-state index is 5.35. The minimum absolute atomic E-state index is 0.558. The highest BCUT2D eigenvalue weighted by atomic mass is 15.3. The van der Waals surface area contributed by atoms with E-state index in [-0.39, 0.29) is 0 Å². The summed E-state index contributed by atoms with van der Waals surface area (Å²) in [5.74, 6) is 6.47. The average Bonchev–Trinajstić information content (AvgIpc) is 2.47. The second-order valence-corrected chi connectivity index (χ2v) is 3.79. The first-order valence-electron chi connectivity index (χ1n) is 5.52. The predicted molar refractivity (Wildman–Crippen MR) is 70.6 cm³/mol. The summed E-state index contributed by atoms with van der Waals surface area (Å²) in [6, 6.07) is 11.7. The van der Waals surface area contributed by atoms with Gasteiger partial charge in [0.25, 0.3) is 0 Å². The van der Waals surface area contributed by atoms with Gasteiger partial charge in [0.1, 0.15) is 11.5 Å². The number of hydrazine groups is 1. The van der Waals surface area contributed by atoms with Gasteiger partial charge in [0.15, 0.2) is 5.82 Å². The Hall–Kier alpha value is -2.53. The molecule has 0 bridgehead atoms. The van der Waals surface area contributed by atoms with Crippen LogP contribution in [-0.2, 0) is 0 Å². The lowest BCUT2D eigenvalue weighted by atomic mass is 10.1. The zero-order valence-corrected chi connectivity index (χ0v) is 9.54. The summed E-state index contributed by atoms with van der Waals surface area (Å²) in [4.78, 5) is 12.9. The highest BCUT2D eigenvalue weighted by Gasteiger charge is 2.07. The molecule has 0 atom stereocenters. The van der Waals surface area contributed by atoms with E-state index in [1.165, 1.54) is 0 Å². The van der Waals surface area contributed by atoms with Crippen molar-refractivity contribution < 1.29 is 0 Å². The Morgan fingerprint density at radius 3 is 2.67 bits per heavy atom. The molecule has 3 rings (SSSR count). The van der Waals surface area contributed by atoms with Gasteiger partial charge in [-0.1, -0.05) is 24.3 Å². The van der Waals surface area contributed by atoms with Crippen LogP contribution < -0.4 is 11.3 Å². The van der Waals surface area contributed by atoms with Gasteiger partial charge in [0, 0.05) is 23.8 Å². The Morgan fingerprint density at radius 1 is 0.944 bits per heavy atom. The lowest BCUT2D eigenvalue weighted by Crippen LogP contribution is -2.09. The van der Waals surface area contributed by atoms with Gasteiger partial charge in [-0.25, -0.2) is 15.8 Å². The molecular formula is C13H11N5. The van der Waals surface area contributed by atoms with E-state index in [1.54, 1.807) is 18.5 Å². The van der Waals surface area contributed by atoms with Crippen molar-refractivity contribution in [1.29, 1.82) is 0 Å². The maximum absolute atomic E-state index is 5.35. The summed E-state index contributed by atoms with van der Waals surface area (Å²) in [6.45, 7) is 0. The molecule has 0 aliphatic heterocycles. The number of pyridine rings is 1. The van der Waals surface area contributed by atoms with Crippen LogP contribution in [0.25, 0.3) is 22.3 Å². The lowest BCUT2D eigenvalue weighted by Gasteiger charge is -2.05. The summed E-state index contributed by atoms with van der Waals surface area (Å²) >= 11 is 0. The number of hydrogen-bond donors (Lipinski definition) is 2. The fourth-order valence-corrected chi connectivity index (χ4v) is 1.85. The minimum atomic E-state index is 0.558. The van der Waals surface area contributed by atoms with Crippen LogP contribution in [0, 0.1) is 0 Å². The third kappa shape index (κ3) is 1.76. The zero-order valence-electron chi connectivity index (χ0n) is 9.54. The van der Waals surface area contributed by atoms with Gasteiger partial charge in [-0.2, -0.15) is 0 Å². The molecule has 88 valence electrons. The van der Waals surface area contributed by atoms with E-state index in [0.717, 1.165) is 16.5 Å². The van der Waals surface area contributed by atoms with Crippen LogP contribution in [0.1, 0.15) is 0 Å². The van der Waals surface area contributed by atoms with Crippen molar-refractivity contribution in [2.75, 3.05) is 5.43 Å². The van der Waals surface area contributed by atoms with Crippen molar-refractivity contribution in [3.63, 3.8) is 0 Å². The molecule has 1 aromatic carbocycles. The van der Waals surface area contributed by atoms with Crippen LogP contribution in [0.4, 0.5) is 5.82 Å². The summed E-state index contributed by atoms with van der Waals surface area (Å²) in [5.41, 5.74) is 3.26. The molecule has 0 aliphatic rings. The molecule has 0 saturated carbocycles. The number of fused-ring (bicyclic) bond motifs is 1. The number of nitrogens with zero attached hydrogens (tertiary/aromatic N) is 3. The number of nitrogens with one attached hydrogen (secondary N) is 1. The van der Waals surface area contributed by atoms with Crippen molar-refractivity contribution in [3.8, 4) is 11.5 Å². The Labute approximate surface area is 104 Å². The third-order valence-corrected chi connectivity index (χ3v) is 2.69. The van der Waals surface area contributed by atoms with E-state index in [4.69, 9.17) is 5.84 Å². The van der Waals surface area contributed by atoms with Gasteiger partial charge in [-0.15, -0.1) is 0 Å². The first kappa shape index (κ1) is 10.6. The quantitative estimate of drug-likeness (QED) is 0.526. The standard InChI is InChI=1S/C13H11N5/c14-18-11-6-8-16-13(17-11)12-10-4-2-1-3-9(10)5-7-15-12/h1-8H,14H2,(H,16,17,18). The van der Waals surface area contributed by atoms with E-state index in [1.807, 2.05) is 30.3 Å². The number of hydrogen-bond acceptors (Lipinski definition) is 5. The fourth-order valence-electron chi connectivity index (χ4n) is 1.85. The molecule has 2 aromatic heterocycles. The molecule has 3 aromatic rings. The van der Waals surface area contributed by atoms with Gasteiger partial charge in [-0.3, -0.25) is 4.98 Å². The maximum Gasteiger partial charge on any atom is 0.180 e. The van der Waals surface area contributed by atoms with Crippen LogP contribution in [-0.4, -0.2) is 15.0 Å². The summed E-state index contributed by atoms with van der Waals surface area (Å²) in [7, 11) is 0. The molecule has 0 spiro atoms. The molecule has 0 aliphatic carbocycles. The van der Waals surface area contributed by atoms with Crippen LogP contribution in [0.5, 0.6) is 0 Å². The van der Waals surface area contributed by atoms with Gasteiger partial charge < -0.3 is 5.43 Å². The lowest BCUT2D eigenvalue weighted by molar-refractivity contribution is 1.13. The monoisotopic (exact) mass is 237 g/mol. The van der Waals surface area contributed by atoms with Crippen molar-refractivity contribution in [1.82, 2.24) is 15.0 Å². The van der Waals surface area contributed by atoms with Crippen molar-refractivity contribution in [3.05, 3.63) is 48.8 Å². The number of rotatable bonds is 2. The predicted octanol–water partition coefficient (Wildman–Crippen LogP) is 1.98. The SMILES string of the molecule is NNc1ccnc(-c2nccc3ccccc23)n1. The molecule has 0 amide bonds. The van der Waals surface area contributed by atoms with Crippen molar-refractivity contribution >= 4 is 16.6 Å². The normalized spacial score (nSPS) is 10.5. The number of benzene rings is 1. The van der Waals surface area contributed by atoms with Crippen LogP contribution in [0.2, 0.25) is 0 Å². The fraction of sp³-hybridized carbons (Fsp3) is 0. The van der Waals surface area contributed by atoms with Gasteiger partial charge >= 0.3 is 0 Å². The molecule has 18 heavy (non-hydrogen) atoms. The number of nitrogen functional groups attached to an aromatic ring is 1. The first-order chi connectivity index (χ1) is 8.88. The summed E-state index contributed by atoms with van der Waals surface area (Å²) < 4.78 is 0. The number of aromatic nitrogens is 3. The van der Waals surface area contributed by atoms with E-state index >= 15 is 0 Å². The minimum Gasteiger partial charge on any atom is -0.308 e. The Bertz CT molecular complexity index is 690. The molecule has 2 heterocycles. The summed E-state index contributed by atoms with van der Waals surface area (Å²) in [5, 5.41) is 2.13. The summed E-state index contributed by atoms with van der Waals surface area (Å²) in [6.07, 6.45) is 3.41. The zero-order chi connectivity index (χ0) is 12.4. The molecule has 0 radical (unpaired) electrons. The second kappa shape index (κ2) is 4.38. The smallest absolute Gasteiger partial charge is 0.180 e.